The van der Waals surface area contributed by atoms with E-state index in [-0.39, 0.29) is 27.7 Å². The lowest BCUT2D eigenvalue weighted by atomic mass is 9.94. The molecule has 0 bridgehead atoms. The molecule has 1 amide bonds. The Bertz CT molecular complexity index is 1310. The van der Waals surface area contributed by atoms with Crippen molar-refractivity contribution < 1.29 is 24.2 Å². The van der Waals surface area contributed by atoms with Gasteiger partial charge in [-0.05, 0) is 37.6 Å². The van der Waals surface area contributed by atoms with Crippen molar-refractivity contribution >= 4 is 34.7 Å². The van der Waals surface area contributed by atoms with Crippen molar-refractivity contribution in [1.82, 2.24) is 0 Å². The first kappa shape index (κ1) is 23.4. The van der Waals surface area contributed by atoms with Crippen LogP contribution in [-0.2, 0) is 9.59 Å². The minimum absolute atomic E-state index is 0.0427. The van der Waals surface area contributed by atoms with Crippen LogP contribution in [0.15, 0.2) is 66.2 Å². The Kier molecular flexibility index (Phi) is 6.35. The van der Waals surface area contributed by atoms with E-state index in [9.17, 15) is 14.7 Å². The topological polar surface area (TPSA) is 76.1 Å². The number of hydrogen-bond donors (Lipinski definition) is 1. The Labute approximate surface area is 203 Å². The van der Waals surface area contributed by atoms with Crippen molar-refractivity contribution in [2.24, 2.45) is 0 Å². The van der Waals surface area contributed by atoms with Crippen molar-refractivity contribution in [2.45, 2.75) is 19.9 Å². The molecule has 4 rings (SSSR count). The smallest absolute Gasteiger partial charge is 0.300 e. The highest BCUT2D eigenvalue weighted by Gasteiger charge is 2.47. The summed E-state index contributed by atoms with van der Waals surface area (Å²) >= 11 is 6.22. The van der Waals surface area contributed by atoms with Gasteiger partial charge < -0.3 is 14.6 Å². The molecule has 1 fully saturated rings. The summed E-state index contributed by atoms with van der Waals surface area (Å²) in [5.41, 5.74) is 3.38. The summed E-state index contributed by atoms with van der Waals surface area (Å²) in [6.45, 7) is 3.87. The van der Waals surface area contributed by atoms with Crippen LogP contribution >= 0.6 is 11.6 Å². The van der Waals surface area contributed by atoms with E-state index in [1.54, 1.807) is 12.1 Å². The highest BCUT2D eigenvalue weighted by molar-refractivity contribution is 6.51. The van der Waals surface area contributed by atoms with E-state index in [0.717, 1.165) is 11.1 Å². The lowest BCUT2D eigenvalue weighted by Gasteiger charge is -2.26. The molecule has 0 radical (unpaired) electrons. The van der Waals surface area contributed by atoms with Crippen LogP contribution in [0.5, 0.6) is 11.5 Å². The summed E-state index contributed by atoms with van der Waals surface area (Å²) in [5.74, 6) is -1.35. The second-order valence-corrected chi connectivity index (χ2v) is 8.51. The van der Waals surface area contributed by atoms with E-state index in [2.05, 4.69) is 0 Å². The summed E-state index contributed by atoms with van der Waals surface area (Å²) < 4.78 is 10.7. The summed E-state index contributed by atoms with van der Waals surface area (Å²) in [6, 6.07) is 17.0. The number of carbonyl (C=O) groups is 2. The van der Waals surface area contributed by atoms with Gasteiger partial charge in [-0.1, -0.05) is 59.1 Å². The fourth-order valence-electron chi connectivity index (χ4n) is 4.15. The minimum Gasteiger partial charge on any atom is -0.507 e. The maximum Gasteiger partial charge on any atom is 0.300 e. The molecule has 1 unspecified atom stereocenters. The zero-order valence-corrected chi connectivity index (χ0v) is 20.0. The van der Waals surface area contributed by atoms with Gasteiger partial charge in [-0.3, -0.25) is 14.5 Å². The number of amides is 1. The molecule has 1 saturated heterocycles. The molecule has 34 heavy (non-hydrogen) atoms. The number of halogens is 1. The third kappa shape index (κ3) is 4.01. The number of methoxy groups -OCH3 is 2. The maximum absolute atomic E-state index is 13.4. The number of aryl methyl sites for hydroxylation is 2. The second kappa shape index (κ2) is 9.23. The maximum atomic E-state index is 13.4. The molecule has 7 heteroatoms. The molecule has 1 heterocycles. The summed E-state index contributed by atoms with van der Waals surface area (Å²) in [7, 11) is 2.87. The van der Waals surface area contributed by atoms with Gasteiger partial charge in [0.25, 0.3) is 11.7 Å². The normalized spacial score (nSPS) is 17.2. The van der Waals surface area contributed by atoms with Crippen molar-refractivity contribution in [1.29, 1.82) is 0 Å². The van der Waals surface area contributed by atoms with Gasteiger partial charge in [-0.25, -0.2) is 0 Å². The Morgan fingerprint density at radius 1 is 0.912 bits per heavy atom. The number of anilines is 1. The third-order valence-electron chi connectivity index (χ3n) is 5.84. The van der Waals surface area contributed by atoms with Crippen molar-refractivity contribution in [3.63, 3.8) is 0 Å². The standard InChI is InChI=1S/C27H24ClNO5/c1-15-8-10-18(11-9-15)29-24(17-7-5-6-16(2)12-17)23(26(31)27(29)32)25(30)19-13-22(34-4)20(28)14-21(19)33-3/h5-14,24,30H,1-4H3/b25-23+. The molecular formula is C27H24ClNO5. The van der Waals surface area contributed by atoms with Gasteiger partial charge in [0, 0.05) is 11.8 Å². The molecule has 3 aromatic rings. The number of rotatable bonds is 5. The van der Waals surface area contributed by atoms with E-state index < -0.39 is 17.7 Å². The molecule has 0 aromatic heterocycles. The third-order valence-corrected chi connectivity index (χ3v) is 6.14. The average molecular weight is 478 g/mol. The quantitative estimate of drug-likeness (QED) is 0.294. The molecule has 174 valence electrons. The molecule has 1 N–H and O–H groups in total. The van der Waals surface area contributed by atoms with E-state index in [1.807, 2.05) is 50.2 Å². The minimum atomic E-state index is -0.839. The molecule has 1 atom stereocenters. The van der Waals surface area contributed by atoms with Gasteiger partial charge in [0.05, 0.1) is 36.4 Å². The molecule has 1 aliphatic rings. The largest absolute Gasteiger partial charge is 0.507 e. The van der Waals surface area contributed by atoms with Crippen LogP contribution in [0, 0.1) is 13.8 Å². The molecule has 1 aliphatic heterocycles. The summed E-state index contributed by atoms with van der Waals surface area (Å²) in [5, 5.41) is 11.7. The average Bonchev–Trinajstić information content (AvgIpc) is 3.09. The van der Waals surface area contributed by atoms with Crippen LogP contribution in [0.4, 0.5) is 5.69 Å². The molecule has 3 aromatic carbocycles. The Hall–Kier alpha value is -3.77. The van der Waals surface area contributed by atoms with Crippen molar-refractivity contribution in [2.75, 3.05) is 19.1 Å². The number of Topliss-reactive ketones (excluding diaryl/α,β-unsaturated/α-hetero) is 1. The van der Waals surface area contributed by atoms with Crippen LogP contribution in [0.3, 0.4) is 0 Å². The molecule has 0 aliphatic carbocycles. The first-order valence-corrected chi connectivity index (χ1v) is 11.0. The second-order valence-electron chi connectivity index (χ2n) is 8.11. The van der Waals surface area contributed by atoms with Gasteiger partial charge in [-0.15, -0.1) is 0 Å². The summed E-state index contributed by atoms with van der Waals surface area (Å²) in [6.07, 6.45) is 0. The predicted molar refractivity (Wildman–Crippen MR) is 132 cm³/mol. The van der Waals surface area contributed by atoms with Gasteiger partial charge >= 0.3 is 0 Å². The zero-order valence-electron chi connectivity index (χ0n) is 19.3. The fraction of sp³-hybridized carbons (Fsp3) is 0.185. The van der Waals surface area contributed by atoms with Crippen LogP contribution in [0.25, 0.3) is 5.76 Å². The number of hydrogen-bond acceptors (Lipinski definition) is 5. The summed E-state index contributed by atoms with van der Waals surface area (Å²) in [4.78, 5) is 28.1. The van der Waals surface area contributed by atoms with E-state index in [0.29, 0.717) is 17.0 Å². The number of aliphatic hydroxyl groups excluding tert-OH is 1. The van der Waals surface area contributed by atoms with Crippen LogP contribution < -0.4 is 14.4 Å². The van der Waals surface area contributed by atoms with Gasteiger partial charge in [0.1, 0.15) is 17.3 Å². The van der Waals surface area contributed by atoms with Gasteiger partial charge in [-0.2, -0.15) is 0 Å². The number of aliphatic hydroxyl groups is 1. The van der Waals surface area contributed by atoms with E-state index in [4.69, 9.17) is 21.1 Å². The number of benzene rings is 3. The molecule has 0 saturated carbocycles. The Balaban J connectivity index is 2.00. The number of ether oxygens (including phenoxy) is 2. The van der Waals surface area contributed by atoms with Crippen molar-refractivity contribution in [3.8, 4) is 11.5 Å². The van der Waals surface area contributed by atoms with Crippen LogP contribution in [0.2, 0.25) is 5.02 Å². The fourth-order valence-corrected chi connectivity index (χ4v) is 4.38. The molecule has 6 nitrogen and oxygen atoms in total. The van der Waals surface area contributed by atoms with Gasteiger partial charge in [0.15, 0.2) is 0 Å². The zero-order chi connectivity index (χ0) is 24.6. The highest BCUT2D eigenvalue weighted by Crippen LogP contribution is 2.44. The Morgan fingerprint density at radius 3 is 2.21 bits per heavy atom. The number of carbonyl (C=O) groups excluding carboxylic acids is 2. The SMILES string of the molecule is COc1cc(/C(O)=C2\C(=O)C(=O)N(c3ccc(C)cc3)C2c2cccc(C)c2)c(OC)cc1Cl. The Morgan fingerprint density at radius 2 is 1.59 bits per heavy atom. The first-order valence-electron chi connectivity index (χ1n) is 10.6. The van der Waals surface area contributed by atoms with Crippen LogP contribution in [-0.4, -0.2) is 31.0 Å². The van der Waals surface area contributed by atoms with E-state index in [1.165, 1.54) is 31.3 Å². The molecular weight excluding hydrogens is 454 g/mol. The highest BCUT2D eigenvalue weighted by atomic mass is 35.5. The first-order chi connectivity index (χ1) is 16.3. The van der Waals surface area contributed by atoms with E-state index >= 15 is 0 Å². The van der Waals surface area contributed by atoms with Gasteiger partial charge in [0.2, 0.25) is 0 Å². The molecule has 0 spiro atoms. The predicted octanol–water partition coefficient (Wildman–Crippen LogP) is 5.60. The number of ketones is 1. The monoisotopic (exact) mass is 477 g/mol. The lowest BCUT2D eigenvalue weighted by Crippen LogP contribution is -2.29. The van der Waals surface area contributed by atoms with Crippen LogP contribution in [0.1, 0.15) is 28.3 Å². The van der Waals surface area contributed by atoms with Crippen molar-refractivity contribution in [3.05, 3.63) is 93.5 Å². The lowest BCUT2D eigenvalue weighted by molar-refractivity contribution is -0.132. The number of nitrogens with zero attached hydrogens (tertiary/aromatic N) is 1.